The minimum absolute atomic E-state index is 0.157. The number of carbonyl (C=O) groups is 1. The molecule has 0 aliphatic carbocycles. The highest BCUT2D eigenvalue weighted by molar-refractivity contribution is 5.68. The van der Waals surface area contributed by atoms with Crippen LogP contribution in [0.1, 0.15) is 39.5 Å². The molecule has 1 amide bonds. The number of piperidine rings is 1. The summed E-state index contributed by atoms with van der Waals surface area (Å²) in [6, 6.07) is 0.390. The van der Waals surface area contributed by atoms with Gasteiger partial charge >= 0.3 is 6.09 Å². The van der Waals surface area contributed by atoms with Crippen molar-refractivity contribution in [1.82, 2.24) is 4.90 Å². The standard InChI is InChI=1S/C11H21NO2/c1-4-9(2)10-7-5-6-8-12(10)11(13)14-3/h9-10H,4-8H2,1-3H3. The summed E-state index contributed by atoms with van der Waals surface area (Å²) in [4.78, 5) is 13.4. The van der Waals surface area contributed by atoms with Crippen molar-refractivity contribution < 1.29 is 9.53 Å². The second kappa shape index (κ2) is 5.23. The van der Waals surface area contributed by atoms with E-state index in [9.17, 15) is 4.79 Å². The molecular formula is C11H21NO2. The lowest BCUT2D eigenvalue weighted by atomic mass is 9.90. The number of rotatable bonds is 2. The molecule has 1 aliphatic heterocycles. The Bertz CT molecular complexity index is 194. The first-order chi connectivity index (χ1) is 6.70. The Balaban J connectivity index is 2.63. The maximum absolute atomic E-state index is 11.5. The summed E-state index contributed by atoms with van der Waals surface area (Å²) in [5.74, 6) is 0.578. The largest absolute Gasteiger partial charge is 0.453 e. The van der Waals surface area contributed by atoms with Gasteiger partial charge in [-0.1, -0.05) is 20.3 Å². The van der Waals surface area contributed by atoms with Crippen LogP contribution in [0.2, 0.25) is 0 Å². The van der Waals surface area contributed by atoms with Crippen molar-refractivity contribution in [1.29, 1.82) is 0 Å². The summed E-state index contributed by atoms with van der Waals surface area (Å²) in [6.07, 6.45) is 4.45. The van der Waals surface area contributed by atoms with Gasteiger partial charge in [0.15, 0.2) is 0 Å². The van der Waals surface area contributed by atoms with Crippen molar-refractivity contribution in [3.05, 3.63) is 0 Å². The molecule has 0 radical (unpaired) electrons. The van der Waals surface area contributed by atoms with Gasteiger partial charge in [-0.2, -0.15) is 0 Å². The predicted molar refractivity (Wildman–Crippen MR) is 56.2 cm³/mol. The van der Waals surface area contributed by atoms with Crippen LogP contribution in [0.4, 0.5) is 4.79 Å². The van der Waals surface area contributed by atoms with Gasteiger partial charge < -0.3 is 9.64 Å². The quantitative estimate of drug-likeness (QED) is 0.684. The molecule has 1 heterocycles. The molecule has 1 rings (SSSR count). The molecule has 0 N–H and O–H groups in total. The summed E-state index contributed by atoms with van der Waals surface area (Å²) in [5, 5.41) is 0. The predicted octanol–water partition coefficient (Wildman–Crippen LogP) is 2.65. The first-order valence-electron chi connectivity index (χ1n) is 5.55. The van der Waals surface area contributed by atoms with Gasteiger partial charge in [0.2, 0.25) is 0 Å². The monoisotopic (exact) mass is 199 g/mol. The Morgan fingerprint density at radius 2 is 2.29 bits per heavy atom. The first-order valence-corrected chi connectivity index (χ1v) is 5.55. The van der Waals surface area contributed by atoms with Gasteiger partial charge in [-0.3, -0.25) is 0 Å². The zero-order chi connectivity index (χ0) is 10.6. The smallest absolute Gasteiger partial charge is 0.409 e. The average molecular weight is 199 g/mol. The maximum atomic E-state index is 11.5. The molecule has 0 aromatic heterocycles. The van der Waals surface area contributed by atoms with Crippen LogP contribution in [0, 0.1) is 5.92 Å². The minimum atomic E-state index is -0.157. The molecule has 0 aromatic rings. The van der Waals surface area contributed by atoms with Crippen molar-refractivity contribution in [2.45, 2.75) is 45.6 Å². The van der Waals surface area contributed by atoms with E-state index < -0.39 is 0 Å². The highest BCUT2D eigenvalue weighted by Crippen LogP contribution is 2.25. The van der Waals surface area contributed by atoms with E-state index in [1.807, 2.05) is 4.90 Å². The number of amides is 1. The van der Waals surface area contributed by atoms with Crippen LogP contribution in [-0.4, -0.2) is 30.7 Å². The van der Waals surface area contributed by atoms with Crippen LogP contribution in [0.5, 0.6) is 0 Å². The third-order valence-electron chi connectivity index (χ3n) is 3.26. The molecule has 1 saturated heterocycles. The molecule has 2 unspecified atom stereocenters. The Hall–Kier alpha value is -0.730. The molecule has 1 fully saturated rings. The maximum Gasteiger partial charge on any atom is 0.409 e. The van der Waals surface area contributed by atoms with Crippen LogP contribution >= 0.6 is 0 Å². The van der Waals surface area contributed by atoms with E-state index in [2.05, 4.69) is 13.8 Å². The van der Waals surface area contributed by atoms with Gasteiger partial charge in [-0.25, -0.2) is 4.79 Å². The number of methoxy groups -OCH3 is 1. The molecule has 2 atom stereocenters. The number of nitrogens with zero attached hydrogens (tertiary/aromatic N) is 1. The SMILES string of the molecule is CCC(C)C1CCCCN1C(=O)OC. The Kier molecular flexibility index (Phi) is 4.23. The van der Waals surface area contributed by atoms with Crippen molar-refractivity contribution in [2.24, 2.45) is 5.92 Å². The van der Waals surface area contributed by atoms with E-state index in [0.29, 0.717) is 12.0 Å². The lowest BCUT2D eigenvalue weighted by Crippen LogP contribution is -2.46. The fourth-order valence-corrected chi connectivity index (χ4v) is 2.16. The van der Waals surface area contributed by atoms with E-state index in [-0.39, 0.29) is 6.09 Å². The van der Waals surface area contributed by atoms with Gasteiger partial charge in [0.25, 0.3) is 0 Å². The average Bonchev–Trinajstić information content (AvgIpc) is 2.27. The number of ether oxygens (including phenoxy) is 1. The molecule has 3 nitrogen and oxygen atoms in total. The third-order valence-corrected chi connectivity index (χ3v) is 3.26. The molecule has 0 bridgehead atoms. The Labute approximate surface area is 86.4 Å². The lowest BCUT2D eigenvalue weighted by Gasteiger charge is -2.37. The topological polar surface area (TPSA) is 29.5 Å². The molecule has 3 heteroatoms. The van der Waals surface area contributed by atoms with Gasteiger partial charge in [-0.15, -0.1) is 0 Å². The van der Waals surface area contributed by atoms with Crippen LogP contribution in [-0.2, 0) is 4.74 Å². The van der Waals surface area contributed by atoms with Crippen molar-refractivity contribution in [3.8, 4) is 0 Å². The van der Waals surface area contributed by atoms with Crippen LogP contribution in [0.3, 0.4) is 0 Å². The van der Waals surface area contributed by atoms with E-state index in [4.69, 9.17) is 4.74 Å². The molecule has 14 heavy (non-hydrogen) atoms. The summed E-state index contributed by atoms with van der Waals surface area (Å²) in [5.41, 5.74) is 0. The molecule has 0 saturated carbocycles. The van der Waals surface area contributed by atoms with Crippen molar-refractivity contribution in [2.75, 3.05) is 13.7 Å². The molecule has 1 aliphatic rings. The highest BCUT2D eigenvalue weighted by atomic mass is 16.5. The number of likely N-dealkylation sites (tertiary alicyclic amines) is 1. The number of hydrogen-bond acceptors (Lipinski definition) is 2. The highest BCUT2D eigenvalue weighted by Gasteiger charge is 2.30. The van der Waals surface area contributed by atoms with E-state index in [1.54, 1.807) is 0 Å². The van der Waals surface area contributed by atoms with Crippen LogP contribution in [0.15, 0.2) is 0 Å². The second-order valence-electron chi connectivity index (χ2n) is 4.11. The van der Waals surface area contributed by atoms with E-state index >= 15 is 0 Å². The normalized spacial score (nSPS) is 24.5. The Morgan fingerprint density at radius 3 is 2.86 bits per heavy atom. The second-order valence-corrected chi connectivity index (χ2v) is 4.11. The zero-order valence-corrected chi connectivity index (χ0v) is 9.45. The van der Waals surface area contributed by atoms with Gasteiger partial charge in [0.1, 0.15) is 0 Å². The Morgan fingerprint density at radius 1 is 1.57 bits per heavy atom. The van der Waals surface area contributed by atoms with Crippen molar-refractivity contribution >= 4 is 6.09 Å². The van der Waals surface area contributed by atoms with Gasteiger partial charge in [-0.05, 0) is 25.2 Å². The number of hydrogen-bond donors (Lipinski definition) is 0. The fraction of sp³-hybridized carbons (Fsp3) is 0.909. The van der Waals surface area contributed by atoms with Gasteiger partial charge in [0, 0.05) is 12.6 Å². The van der Waals surface area contributed by atoms with Crippen molar-refractivity contribution in [3.63, 3.8) is 0 Å². The summed E-state index contributed by atoms with van der Waals surface area (Å²) < 4.78 is 4.80. The van der Waals surface area contributed by atoms with Crippen LogP contribution in [0.25, 0.3) is 0 Å². The van der Waals surface area contributed by atoms with E-state index in [1.165, 1.54) is 13.5 Å². The van der Waals surface area contributed by atoms with E-state index in [0.717, 1.165) is 25.8 Å². The summed E-state index contributed by atoms with van der Waals surface area (Å²) in [7, 11) is 1.46. The molecule has 82 valence electrons. The fourth-order valence-electron chi connectivity index (χ4n) is 2.16. The summed E-state index contributed by atoms with van der Waals surface area (Å²) in [6.45, 7) is 5.25. The third kappa shape index (κ3) is 2.40. The number of carbonyl (C=O) groups excluding carboxylic acids is 1. The lowest BCUT2D eigenvalue weighted by molar-refractivity contribution is 0.0712. The molecular weight excluding hydrogens is 178 g/mol. The molecule has 0 spiro atoms. The summed E-state index contributed by atoms with van der Waals surface area (Å²) >= 11 is 0. The minimum Gasteiger partial charge on any atom is -0.453 e. The zero-order valence-electron chi connectivity index (χ0n) is 9.45. The van der Waals surface area contributed by atoms with Crippen LogP contribution < -0.4 is 0 Å². The van der Waals surface area contributed by atoms with Gasteiger partial charge in [0.05, 0.1) is 7.11 Å². The molecule has 0 aromatic carbocycles. The first kappa shape index (κ1) is 11.3.